The number of fused-ring (bicyclic) bond motifs is 3. The first-order valence-electron chi connectivity index (χ1n) is 12.3. The fraction of sp³-hybridized carbons (Fsp3) is 0.370. The molecule has 1 saturated heterocycles. The number of carbonyl (C=O) groups is 2. The predicted molar refractivity (Wildman–Crippen MR) is 134 cm³/mol. The molecule has 3 aromatic rings. The number of nitrogens with zero attached hydrogens (tertiary/aromatic N) is 5. The van der Waals surface area contributed by atoms with Crippen molar-refractivity contribution in [2.24, 2.45) is 0 Å². The van der Waals surface area contributed by atoms with E-state index in [2.05, 4.69) is 20.9 Å². The number of amides is 1. The molecule has 1 atom stereocenters. The van der Waals surface area contributed by atoms with Gasteiger partial charge in [-0.1, -0.05) is 30.3 Å². The summed E-state index contributed by atoms with van der Waals surface area (Å²) in [5.74, 6) is 1.33. The largest absolute Gasteiger partial charge is 0.492 e. The third-order valence-electron chi connectivity index (χ3n) is 6.54. The summed E-state index contributed by atoms with van der Waals surface area (Å²) in [5, 5.41) is 10.2. The summed E-state index contributed by atoms with van der Waals surface area (Å²) in [6.45, 7) is 3.35. The molecule has 1 fully saturated rings. The number of rotatable bonds is 5. The van der Waals surface area contributed by atoms with Gasteiger partial charge in [0.25, 0.3) is 0 Å². The Kier molecular flexibility index (Phi) is 7.03. The molecule has 2 aliphatic rings. The van der Waals surface area contributed by atoms with Gasteiger partial charge in [0.05, 0.1) is 36.0 Å². The van der Waals surface area contributed by atoms with Crippen molar-refractivity contribution in [3.8, 4) is 17.6 Å². The van der Waals surface area contributed by atoms with Gasteiger partial charge in [0, 0.05) is 38.2 Å². The maximum atomic E-state index is 12.9. The van der Waals surface area contributed by atoms with E-state index in [1.807, 2.05) is 30.3 Å². The SMILES string of the molecule is CC(=O)Oc1cc2ncnc(N3CCN(C(=O)OCc4ccccc4)[C@@H](CC#N)C3)c2c2c1CCCO2. The molecular weight excluding hydrogens is 474 g/mol. The second-order valence-corrected chi connectivity index (χ2v) is 9.02. The van der Waals surface area contributed by atoms with Crippen molar-refractivity contribution >= 4 is 28.8 Å². The van der Waals surface area contributed by atoms with Gasteiger partial charge in [0.1, 0.15) is 30.3 Å². The lowest BCUT2D eigenvalue weighted by atomic mass is 10.0. The fourth-order valence-electron chi connectivity index (χ4n) is 4.87. The number of hydrogen-bond donors (Lipinski definition) is 0. The summed E-state index contributed by atoms with van der Waals surface area (Å²) in [6, 6.07) is 13.1. The second kappa shape index (κ2) is 10.7. The summed E-state index contributed by atoms with van der Waals surface area (Å²) < 4.78 is 17.1. The number of aromatic nitrogens is 2. The quantitative estimate of drug-likeness (QED) is 0.381. The van der Waals surface area contributed by atoms with Gasteiger partial charge in [0.15, 0.2) is 0 Å². The van der Waals surface area contributed by atoms with E-state index in [-0.39, 0.29) is 19.1 Å². The molecular formula is C27H27N5O5. The van der Waals surface area contributed by atoms with E-state index in [4.69, 9.17) is 14.2 Å². The average molecular weight is 502 g/mol. The van der Waals surface area contributed by atoms with Gasteiger partial charge in [-0.3, -0.25) is 4.79 Å². The maximum absolute atomic E-state index is 12.9. The third-order valence-corrected chi connectivity index (χ3v) is 6.54. The zero-order valence-corrected chi connectivity index (χ0v) is 20.6. The minimum atomic E-state index is -0.442. The monoisotopic (exact) mass is 501 g/mol. The lowest BCUT2D eigenvalue weighted by Crippen LogP contribution is -2.55. The van der Waals surface area contributed by atoms with Crippen LogP contribution in [0.2, 0.25) is 0 Å². The van der Waals surface area contributed by atoms with Crippen LogP contribution in [0.25, 0.3) is 10.9 Å². The predicted octanol–water partition coefficient (Wildman–Crippen LogP) is 3.62. The van der Waals surface area contributed by atoms with Crippen molar-refractivity contribution in [2.75, 3.05) is 31.1 Å². The van der Waals surface area contributed by atoms with Gasteiger partial charge >= 0.3 is 12.1 Å². The molecule has 0 unspecified atom stereocenters. The summed E-state index contributed by atoms with van der Waals surface area (Å²) in [5.41, 5.74) is 2.32. The summed E-state index contributed by atoms with van der Waals surface area (Å²) >= 11 is 0. The Morgan fingerprint density at radius 1 is 1.22 bits per heavy atom. The second-order valence-electron chi connectivity index (χ2n) is 9.02. The first kappa shape index (κ1) is 24.3. The van der Waals surface area contributed by atoms with Crippen molar-refractivity contribution in [3.05, 3.63) is 53.9 Å². The van der Waals surface area contributed by atoms with E-state index in [0.29, 0.717) is 55.5 Å². The number of esters is 1. The van der Waals surface area contributed by atoms with Crippen LogP contribution in [-0.4, -0.2) is 59.2 Å². The van der Waals surface area contributed by atoms with E-state index in [9.17, 15) is 14.9 Å². The smallest absolute Gasteiger partial charge is 0.410 e. The molecule has 10 heteroatoms. The van der Waals surface area contributed by atoms with Gasteiger partial charge in [-0.2, -0.15) is 5.26 Å². The number of nitriles is 1. The Balaban J connectivity index is 1.42. The van der Waals surface area contributed by atoms with Crippen LogP contribution in [0, 0.1) is 11.3 Å². The van der Waals surface area contributed by atoms with E-state index >= 15 is 0 Å². The third kappa shape index (κ3) is 5.11. The molecule has 1 amide bonds. The van der Waals surface area contributed by atoms with E-state index < -0.39 is 12.1 Å². The number of carbonyl (C=O) groups excluding carboxylic acids is 2. The van der Waals surface area contributed by atoms with E-state index in [0.717, 1.165) is 22.9 Å². The maximum Gasteiger partial charge on any atom is 0.410 e. The molecule has 3 heterocycles. The van der Waals surface area contributed by atoms with Gasteiger partial charge < -0.3 is 24.0 Å². The van der Waals surface area contributed by atoms with Crippen molar-refractivity contribution in [2.45, 2.75) is 38.8 Å². The van der Waals surface area contributed by atoms with Crippen LogP contribution >= 0.6 is 0 Å². The summed E-state index contributed by atoms with van der Waals surface area (Å²) in [6.07, 6.45) is 2.70. The molecule has 1 aromatic heterocycles. The lowest BCUT2D eigenvalue weighted by molar-refractivity contribution is -0.131. The Morgan fingerprint density at radius 2 is 2.05 bits per heavy atom. The van der Waals surface area contributed by atoms with Gasteiger partial charge in [-0.25, -0.2) is 14.8 Å². The van der Waals surface area contributed by atoms with E-state index in [1.165, 1.54) is 13.3 Å². The van der Waals surface area contributed by atoms with Gasteiger partial charge in [-0.15, -0.1) is 0 Å². The molecule has 190 valence electrons. The first-order valence-corrected chi connectivity index (χ1v) is 12.3. The molecule has 2 aliphatic heterocycles. The van der Waals surface area contributed by atoms with Crippen molar-refractivity contribution in [1.29, 1.82) is 5.26 Å². The molecule has 0 spiro atoms. The minimum absolute atomic E-state index is 0.158. The lowest BCUT2D eigenvalue weighted by Gasteiger charge is -2.40. The zero-order chi connectivity index (χ0) is 25.8. The summed E-state index contributed by atoms with van der Waals surface area (Å²) in [4.78, 5) is 37.3. The van der Waals surface area contributed by atoms with Crippen molar-refractivity contribution < 1.29 is 23.8 Å². The normalized spacial score (nSPS) is 16.9. The zero-order valence-electron chi connectivity index (χ0n) is 20.6. The molecule has 5 rings (SSSR count). The van der Waals surface area contributed by atoms with E-state index in [1.54, 1.807) is 11.0 Å². The number of hydrogen-bond acceptors (Lipinski definition) is 9. The molecule has 10 nitrogen and oxygen atoms in total. The molecule has 0 aliphatic carbocycles. The average Bonchev–Trinajstić information content (AvgIpc) is 2.92. The number of piperazine rings is 1. The highest BCUT2D eigenvalue weighted by Crippen LogP contribution is 2.43. The number of benzene rings is 2. The topological polar surface area (TPSA) is 118 Å². The number of ether oxygens (including phenoxy) is 3. The fourth-order valence-corrected chi connectivity index (χ4v) is 4.87. The molecule has 0 N–H and O–H groups in total. The highest BCUT2D eigenvalue weighted by Gasteiger charge is 2.34. The standard InChI is InChI=1S/C27H27N5O5/c1-18(33)37-23-14-22-24(25-21(23)8-5-13-35-25)26(30-17-29-22)31-11-12-32(20(15-31)9-10-28)27(34)36-16-19-6-3-2-4-7-19/h2-4,6-7,14,17,20H,5,8-9,11-13,15-16H2,1H3/t20-/m0/s1. The van der Waals surface area contributed by atoms with Crippen LogP contribution in [0.4, 0.5) is 10.6 Å². The number of anilines is 1. The molecule has 0 saturated carbocycles. The highest BCUT2D eigenvalue weighted by atomic mass is 16.6. The van der Waals surface area contributed by atoms with Crippen LogP contribution < -0.4 is 14.4 Å². The Labute approximate surface area is 214 Å². The highest BCUT2D eigenvalue weighted by molar-refractivity contribution is 5.98. The Bertz CT molecular complexity index is 1360. The molecule has 2 aromatic carbocycles. The minimum Gasteiger partial charge on any atom is -0.492 e. The van der Waals surface area contributed by atoms with Crippen LogP contribution in [-0.2, 0) is 22.6 Å². The molecule has 37 heavy (non-hydrogen) atoms. The Hall–Kier alpha value is -4.39. The van der Waals surface area contributed by atoms with Crippen LogP contribution in [0.1, 0.15) is 30.9 Å². The van der Waals surface area contributed by atoms with Crippen LogP contribution in [0.5, 0.6) is 11.5 Å². The first-order chi connectivity index (χ1) is 18.0. The molecule has 0 bridgehead atoms. The van der Waals surface area contributed by atoms with Crippen LogP contribution in [0.15, 0.2) is 42.7 Å². The van der Waals surface area contributed by atoms with Crippen molar-refractivity contribution in [1.82, 2.24) is 14.9 Å². The van der Waals surface area contributed by atoms with Gasteiger partial charge in [0.2, 0.25) is 0 Å². The van der Waals surface area contributed by atoms with Crippen LogP contribution in [0.3, 0.4) is 0 Å². The molecule has 0 radical (unpaired) electrons. The Morgan fingerprint density at radius 3 is 2.84 bits per heavy atom. The van der Waals surface area contributed by atoms with Gasteiger partial charge in [-0.05, 0) is 18.4 Å². The van der Waals surface area contributed by atoms with Crippen molar-refractivity contribution in [3.63, 3.8) is 0 Å². The summed E-state index contributed by atoms with van der Waals surface area (Å²) in [7, 11) is 0.